The highest BCUT2D eigenvalue weighted by atomic mass is 32.2. The Kier molecular flexibility index (Phi) is 6.76. The quantitative estimate of drug-likeness (QED) is 0.592. The third kappa shape index (κ3) is 5.25. The van der Waals surface area contributed by atoms with Crippen molar-refractivity contribution in [2.45, 2.75) is 43.4 Å². The first-order chi connectivity index (χ1) is 8.30. The van der Waals surface area contributed by atoms with Gasteiger partial charge in [0.1, 0.15) is 0 Å². The van der Waals surface area contributed by atoms with E-state index in [9.17, 15) is 0 Å². The molecule has 0 amide bonds. The molecule has 2 nitrogen and oxygen atoms in total. The Morgan fingerprint density at radius 1 is 1.29 bits per heavy atom. The second-order valence-electron chi connectivity index (χ2n) is 3.96. The lowest BCUT2D eigenvalue weighted by molar-refractivity contribution is 0.675. The van der Waals surface area contributed by atoms with Gasteiger partial charge in [-0.3, -0.25) is 0 Å². The van der Waals surface area contributed by atoms with Gasteiger partial charge < -0.3 is 5.32 Å². The van der Waals surface area contributed by atoms with Crippen LogP contribution in [0.25, 0.3) is 0 Å². The van der Waals surface area contributed by atoms with Crippen LogP contribution in [0.4, 0.5) is 0 Å². The minimum Gasteiger partial charge on any atom is -0.313 e. The van der Waals surface area contributed by atoms with Crippen LogP contribution in [-0.2, 0) is 6.54 Å². The molecule has 0 heterocycles. The molecule has 1 N–H and O–H groups in total. The molecule has 0 bridgehead atoms. The summed E-state index contributed by atoms with van der Waals surface area (Å²) in [5.41, 5.74) is 1.30. The van der Waals surface area contributed by atoms with Crippen LogP contribution in [0.15, 0.2) is 29.2 Å². The molecule has 1 rings (SSSR count). The molecule has 0 fully saturated rings. The molecule has 92 valence electrons. The Labute approximate surface area is 108 Å². The average molecular weight is 248 g/mol. The molecular weight excluding hydrogens is 228 g/mol. The maximum absolute atomic E-state index is 8.90. The number of hydrogen-bond acceptors (Lipinski definition) is 3. The average Bonchev–Trinajstić information content (AvgIpc) is 2.38. The van der Waals surface area contributed by atoms with Gasteiger partial charge >= 0.3 is 0 Å². The molecular formula is C14H20N2S. The highest BCUT2D eigenvalue weighted by molar-refractivity contribution is 8.00. The van der Waals surface area contributed by atoms with Crippen LogP contribution in [0.5, 0.6) is 0 Å². The van der Waals surface area contributed by atoms with E-state index in [1.165, 1.54) is 10.5 Å². The Balaban J connectivity index is 2.47. The number of nitrogens with one attached hydrogen (secondary N) is 1. The summed E-state index contributed by atoms with van der Waals surface area (Å²) in [6, 6.07) is 10.8. The maximum Gasteiger partial charge on any atom is 0.0961 e. The maximum atomic E-state index is 8.90. The molecule has 0 spiro atoms. The van der Waals surface area contributed by atoms with Crippen molar-refractivity contribution in [2.24, 2.45) is 0 Å². The van der Waals surface area contributed by atoms with Crippen LogP contribution < -0.4 is 5.32 Å². The fraction of sp³-hybridized carbons (Fsp3) is 0.500. The van der Waals surface area contributed by atoms with Gasteiger partial charge in [-0.25, -0.2) is 0 Å². The minimum absolute atomic E-state index is 0.0686. The molecule has 1 aromatic rings. The minimum atomic E-state index is 0.0686. The van der Waals surface area contributed by atoms with E-state index in [-0.39, 0.29) is 5.25 Å². The standard InChI is InChI=1S/C14H20N2S/c1-3-9-16-11-12-5-7-14(8-6-12)17-13(4-2)10-15/h5-8,13,16H,3-4,9,11H2,1-2H3. The largest absolute Gasteiger partial charge is 0.313 e. The normalized spacial score (nSPS) is 12.1. The number of benzene rings is 1. The van der Waals surface area contributed by atoms with Gasteiger partial charge in [0.25, 0.3) is 0 Å². The molecule has 1 unspecified atom stereocenters. The molecule has 0 aliphatic rings. The molecule has 0 aromatic heterocycles. The molecule has 1 atom stereocenters. The summed E-state index contributed by atoms with van der Waals surface area (Å²) in [4.78, 5) is 1.18. The molecule has 0 radical (unpaired) electrons. The lowest BCUT2D eigenvalue weighted by atomic mass is 10.2. The van der Waals surface area contributed by atoms with Crippen molar-refractivity contribution >= 4 is 11.8 Å². The van der Waals surface area contributed by atoms with Crippen LogP contribution >= 0.6 is 11.8 Å². The van der Waals surface area contributed by atoms with E-state index in [2.05, 4.69) is 42.6 Å². The van der Waals surface area contributed by atoms with E-state index < -0.39 is 0 Å². The third-order valence-corrected chi connectivity index (χ3v) is 3.74. The Morgan fingerprint density at radius 3 is 2.53 bits per heavy atom. The van der Waals surface area contributed by atoms with Crippen LogP contribution in [0.3, 0.4) is 0 Å². The van der Waals surface area contributed by atoms with Gasteiger partial charge in [-0.1, -0.05) is 26.0 Å². The first-order valence-corrected chi connectivity index (χ1v) is 7.04. The smallest absolute Gasteiger partial charge is 0.0961 e. The monoisotopic (exact) mass is 248 g/mol. The van der Waals surface area contributed by atoms with Gasteiger partial charge in [0.05, 0.1) is 11.3 Å². The van der Waals surface area contributed by atoms with Gasteiger partial charge in [-0.2, -0.15) is 5.26 Å². The summed E-state index contributed by atoms with van der Waals surface area (Å²) in [6.07, 6.45) is 2.05. The predicted molar refractivity (Wildman–Crippen MR) is 74.0 cm³/mol. The number of thioether (sulfide) groups is 1. The molecule has 17 heavy (non-hydrogen) atoms. The molecule has 3 heteroatoms. The zero-order chi connectivity index (χ0) is 12.5. The topological polar surface area (TPSA) is 35.8 Å². The summed E-state index contributed by atoms with van der Waals surface area (Å²) in [7, 11) is 0. The fourth-order valence-corrected chi connectivity index (χ4v) is 2.30. The van der Waals surface area contributed by atoms with Crippen molar-refractivity contribution < 1.29 is 0 Å². The van der Waals surface area contributed by atoms with Crippen molar-refractivity contribution in [1.29, 1.82) is 5.26 Å². The van der Waals surface area contributed by atoms with E-state index in [0.29, 0.717) is 0 Å². The number of rotatable bonds is 7. The SMILES string of the molecule is CCCNCc1ccc(SC(C#N)CC)cc1. The van der Waals surface area contributed by atoms with Gasteiger partial charge in [-0.15, -0.1) is 11.8 Å². The van der Waals surface area contributed by atoms with Crippen molar-refractivity contribution in [3.05, 3.63) is 29.8 Å². The second-order valence-corrected chi connectivity index (χ2v) is 5.24. The molecule has 0 saturated heterocycles. The van der Waals surface area contributed by atoms with E-state index in [4.69, 9.17) is 5.26 Å². The lowest BCUT2D eigenvalue weighted by Gasteiger charge is -2.07. The van der Waals surface area contributed by atoms with Gasteiger partial charge in [0.2, 0.25) is 0 Å². The van der Waals surface area contributed by atoms with Crippen LogP contribution in [0, 0.1) is 11.3 Å². The van der Waals surface area contributed by atoms with E-state index in [1.807, 2.05) is 6.92 Å². The highest BCUT2D eigenvalue weighted by Gasteiger charge is 2.05. The summed E-state index contributed by atoms with van der Waals surface area (Å²) in [5, 5.41) is 12.3. The van der Waals surface area contributed by atoms with Gasteiger partial charge in [0.15, 0.2) is 0 Å². The van der Waals surface area contributed by atoms with E-state index in [0.717, 1.165) is 25.9 Å². The Bertz CT molecular complexity index is 353. The van der Waals surface area contributed by atoms with Crippen molar-refractivity contribution in [2.75, 3.05) is 6.54 Å². The summed E-state index contributed by atoms with van der Waals surface area (Å²) in [5.74, 6) is 0. The second kappa shape index (κ2) is 8.16. The van der Waals surface area contributed by atoms with E-state index >= 15 is 0 Å². The molecule has 0 saturated carbocycles. The first kappa shape index (κ1) is 14.1. The Hall–Kier alpha value is -0.980. The summed E-state index contributed by atoms with van der Waals surface area (Å²) < 4.78 is 0. The fourth-order valence-electron chi connectivity index (χ4n) is 1.46. The molecule has 0 aliphatic heterocycles. The first-order valence-electron chi connectivity index (χ1n) is 6.16. The third-order valence-electron chi connectivity index (χ3n) is 2.47. The summed E-state index contributed by atoms with van der Waals surface area (Å²) in [6.45, 7) is 6.19. The Morgan fingerprint density at radius 2 is 2.00 bits per heavy atom. The van der Waals surface area contributed by atoms with Crippen LogP contribution in [-0.4, -0.2) is 11.8 Å². The van der Waals surface area contributed by atoms with Crippen LogP contribution in [0.2, 0.25) is 0 Å². The van der Waals surface area contributed by atoms with Crippen molar-refractivity contribution in [3.63, 3.8) is 0 Å². The molecule has 1 aromatic carbocycles. The van der Waals surface area contributed by atoms with Crippen molar-refractivity contribution in [3.8, 4) is 6.07 Å². The number of hydrogen-bond donors (Lipinski definition) is 1. The number of nitrogens with zero attached hydrogens (tertiary/aromatic N) is 1. The van der Waals surface area contributed by atoms with Crippen LogP contribution in [0.1, 0.15) is 32.3 Å². The van der Waals surface area contributed by atoms with E-state index in [1.54, 1.807) is 11.8 Å². The molecule has 0 aliphatic carbocycles. The van der Waals surface area contributed by atoms with Crippen molar-refractivity contribution in [1.82, 2.24) is 5.32 Å². The zero-order valence-electron chi connectivity index (χ0n) is 10.6. The number of nitriles is 1. The summed E-state index contributed by atoms with van der Waals surface area (Å²) >= 11 is 1.64. The van der Waals surface area contributed by atoms with Gasteiger partial charge in [0, 0.05) is 11.4 Å². The zero-order valence-corrected chi connectivity index (χ0v) is 11.4. The lowest BCUT2D eigenvalue weighted by Crippen LogP contribution is -2.13. The highest BCUT2D eigenvalue weighted by Crippen LogP contribution is 2.25. The van der Waals surface area contributed by atoms with Gasteiger partial charge in [-0.05, 0) is 37.1 Å². The predicted octanol–water partition coefficient (Wildman–Crippen LogP) is 3.58.